The van der Waals surface area contributed by atoms with Crippen molar-refractivity contribution in [1.29, 1.82) is 0 Å². The van der Waals surface area contributed by atoms with E-state index in [2.05, 4.69) is 31.8 Å². The zero-order valence-electron chi connectivity index (χ0n) is 16.5. The number of hydrogen-bond donors (Lipinski definition) is 2. The van der Waals surface area contributed by atoms with Crippen LogP contribution < -0.4 is 15.5 Å². The van der Waals surface area contributed by atoms with E-state index in [-0.39, 0.29) is 11.8 Å². The Morgan fingerprint density at radius 2 is 1.57 bits per heavy atom. The Hall–Kier alpha value is -3.45. The van der Waals surface area contributed by atoms with E-state index in [1.54, 1.807) is 68.6 Å². The third-order valence-electron chi connectivity index (χ3n) is 4.30. The molecule has 0 aliphatic heterocycles. The second-order valence-electron chi connectivity index (χ2n) is 6.41. The lowest BCUT2D eigenvalue weighted by Crippen LogP contribution is -2.19. The third-order valence-corrected chi connectivity index (χ3v) is 4.80. The Kier molecular flexibility index (Phi) is 6.98. The van der Waals surface area contributed by atoms with Gasteiger partial charge in [-0.3, -0.25) is 9.59 Å². The van der Waals surface area contributed by atoms with Gasteiger partial charge in [-0.15, -0.1) is 0 Å². The van der Waals surface area contributed by atoms with Crippen LogP contribution in [0.1, 0.15) is 33.2 Å². The largest absolute Gasteiger partial charge is 0.497 e. The maximum absolute atomic E-state index is 12.5. The van der Waals surface area contributed by atoms with Crippen molar-refractivity contribution in [3.05, 3.63) is 94.0 Å². The zero-order valence-corrected chi connectivity index (χ0v) is 18.1. The molecule has 0 saturated heterocycles. The van der Waals surface area contributed by atoms with Gasteiger partial charge in [-0.1, -0.05) is 34.1 Å². The molecule has 0 unspecified atom stereocenters. The van der Waals surface area contributed by atoms with Crippen molar-refractivity contribution in [2.45, 2.75) is 6.92 Å². The van der Waals surface area contributed by atoms with Gasteiger partial charge in [-0.2, -0.15) is 5.10 Å². The predicted molar refractivity (Wildman–Crippen MR) is 121 cm³/mol. The van der Waals surface area contributed by atoms with Gasteiger partial charge < -0.3 is 10.1 Å². The van der Waals surface area contributed by atoms with Crippen molar-refractivity contribution in [1.82, 2.24) is 5.43 Å². The SMILES string of the molecule is COc1ccc(C(=O)Nc2cccc(C(C)=NNC(=O)c3cccc(Br)c3)c2)cc1. The molecule has 0 fully saturated rings. The fourth-order valence-corrected chi connectivity index (χ4v) is 3.06. The minimum atomic E-state index is -0.306. The molecule has 30 heavy (non-hydrogen) atoms. The van der Waals surface area contributed by atoms with Gasteiger partial charge >= 0.3 is 0 Å². The van der Waals surface area contributed by atoms with Crippen LogP contribution >= 0.6 is 15.9 Å². The standard InChI is InChI=1S/C23H20BrN3O3/c1-15(26-27-23(29)18-6-3-7-19(24)13-18)17-5-4-8-20(14-17)25-22(28)16-9-11-21(30-2)12-10-16/h3-14H,1-2H3,(H,25,28)(H,27,29). The Bertz CT molecular complexity index is 1090. The van der Waals surface area contributed by atoms with Crippen LogP contribution in [-0.2, 0) is 0 Å². The summed E-state index contributed by atoms with van der Waals surface area (Å²) >= 11 is 3.34. The number of anilines is 1. The highest BCUT2D eigenvalue weighted by atomic mass is 79.9. The van der Waals surface area contributed by atoms with Crippen LogP contribution in [0.2, 0.25) is 0 Å². The Morgan fingerprint density at radius 1 is 0.867 bits per heavy atom. The number of benzene rings is 3. The second-order valence-corrected chi connectivity index (χ2v) is 7.33. The fourth-order valence-electron chi connectivity index (χ4n) is 2.66. The third kappa shape index (κ3) is 5.55. The first-order valence-corrected chi connectivity index (χ1v) is 9.91. The number of hydrazone groups is 1. The highest BCUT2D eigenvalue weighted by Gasteiger charge is 2.08. The van der Waals surface area contributed by atoms with E-state index in [4.69, 9.17) is 4.74 Å². The maximum atomic E-state index is 12.5. The van der Waals surface area contributed by atoms with Crippen LogP contribution in [0, 0.1) is 0 Å². The average molecular weight is 466 g/mol. The van der Waals surface area contributed by atoms with Crippen LogP contribution in [0.25, 0.3) is 0 Å². The molecule has 3 aromatic carbocycles. The molecule has 3 aromatic rings. The Morgan fingerprint density at radius 3 is 2.27 bits per heavy atom. The molecule has 152 valence electrons. The Balaban J connectivity index is 1.68. The Labute approximate surface area is 183 Å². The predicted octanol–water partition coefficient (Wildman–Crippen LogP) is 4.86. The molecule has 0 radical (unpaired) electrons. The molecule has 0 aromatic heterocycles. The number of amides is 2. The van der Waals surface area contributed by atoms with Gasteiger partial charge in [0.05, 0.1) is 12.8 Å². The molecule has 0 heterocycles. The average Bonchev–Trinajstić information content (AvgIpc) is 2.77. The highest BCUT2D eigenvalue weighted by molar-refractivity contribution is 9.10. The lowest BCUT2D eigenvalue weighted by molar-refractivity contribution is 0.0954. The molecule has 2 amide bonds. The number of ether oxygens (including phenoxy) is 1. The normalized spacial score (nSPS) is 11.0. The minimum absolute atomic E-state index is 0.229. The van der Waals surface area contributed by atoms with Crippen molar-refractivity contribution in [3.63, 3.8) is 0 Å². The molecule has 0 aliphatic rings. The number of rotatable bonds is 6. The number of hydrogen-bond acceptors (Lipinski definition) is 4. The molecular formula is C23H20BrN3O3. The topological polar surface area (TPSA) is 79.8 Å². The number of nitrogens with one attached hydrogen (secondary N) is 2. The molecule has 0 spiro atoms. The summed E-state index contributed by atoms with van der Waals surface area (Å²) in [7, 11) is 1.58. The minimum Gasteiger partial charge on any atom is -0.497 e. The fraction of sp³-hybridized carbons (Fsp3) is 0.0870. The molecule has 7 heteroatoms. The lowest BCUT2D eigenvalue weighted by atomic mass is 10.1. The summed E-state index contributed by atoms with van der Waals surface area (Å²) in [5, 5.41) is 7.03. The molecule has 0 atom stereocenters. The van der Waals surface area contributed by atoms with Gasteiger partial charge in [0.25, 0.3) is 11.8 Å². The van der Waals surface area contributed by atoms with E-state index in [1.807, 2.05) is 18.2 Å². The first-order chi connectivity index (χ1) is 14.5. The van der Waals surface area contributed by atoms with Gasteiger partial charge in [-0.05, 0) is 67.1 Å². The molecular weight excluding hydrogens is 446 g/mol. The van der Waals surface area contributed by atoms with Crippen LogP contribution in [0.15, 0.2) is 82.4 Å². The number of halogens is 1. The quantitative estimate of drug-likeness (QED) is 0.402. The molecule has 6 nitrogen and oxygen atoms in total. The summed E-state index contributed by atoms with van der Waals surface area (Å²) in [5.41, 5.74) is 5.58. The molecule has 2 N–H and O–H groups in total. The second kappa shape index (κ2) is 9.84. The van der Waals surface area contributed by atoms with Crippen LogP contribution in [-0.4, -0.2) is 24.6 Å². The number of methoxy groups -OCH3 is 1. The summed E-state index contributed by atoms with van der Waals surface area (Å²) in [6.07, 6.45) is 0. The number of nitrogens with zero attached hydrogens (tertiary/aromatic N) is 1. The number of carbonyl (C=O) groups is 2. The molecule has 3 rings (SSSR count). The van der Waals surface area contributed by atoms with Gasteiger partial charge in [0.1, 0.15) is 5.75 Å². The summed E-state index contributed by atoms with van der Waals surface area (Å²) in [5.74, 6) is 0.150. The van der Waals surface area contributed by atoms with E-state index in [1.165, 1.54) is 0 Å². The van der Waals surface area contributed by atoms with Crippen LogP contribution in [0.3, 0.4) is 0 Å². The monoisotopic (exact) mass is 465 g/mol. The van der Waals surface area contributed by atoms with E-state index in [0.29, 0.717) is 28.3 Å². The first kappa shape index (κ1) is 21.3. The van der Waals surface area contributed by atoms with Gasteiger partial charge in [0, 0.05) is 21.3 Å². The molecule has 0 aliphatic carbocycles. The van der Waals surface area contributed by atoms with Crippen LogP contribution in [0.5, 0.6) is 5.75 Å². The summed E-state index contributed by atoms with van der Waals surface area (Å²) < 4.78 is 5.92. The maximum Gasteiger partial charge on any atom is 0.271 e. The first-order valence-electron chi connectivity index (χ1n) is 9.12. The van der Waals surface area contributed by atoms with E-state index in [9.17, 15) is 9.59 Å². The van der Waals surface area contributed by atoms with Crippen LogP contribution in [0.4, 0.5) is 5.69 Å². The van der Waals surface area contributed by atoms with Gasteiger partial charge in [0.15, 0.2) is 0 Å². The van der Waals surface area contributed by atoms with Crippen molar-refractivity contribution in [2.24, 2.45) is 5.10 Å². The van der Waals surface area contributed by atoms with E-state index < -0.39 is 0 Å². The summed E-state index contributed by atoms with van der Waals surface area (Å²) in [6, 6.07) is 21.2. The molecule has 0 bridgehead atoms. The van der Waals surface area contributed by atoms with Gasteiger partial charge in [-0.25, -0.2) is 5.43 Å². The number of carbonyl (C=O) groups excluding carboxylic acids is 2. The van der Waals surface area contributed by atoms with Crippen molar-refractivity contribution in [2.75, 3.05) is 12.4 Å². The van der Waals surface area contributed by atoms with Crippen molar-refractivity contribution in [3.8, 4) is 5.75 Å². The van der Waals surface area contributed by atoms with Crippen molar-refractivity contribution < 1.29 is 14.3 Å². The van der Waals surface area contributed by atoms with E-state index in [0.717, 1.165) is 10.0 Å². The lowest BCUT2D eigenvalue weighted by Gasteiger charge is -2.08. The van der Waals surface area contributed by atoms with E-state index >= 15 is 0 Å². The van der Waals surface area contributed by atoms with Gasteiger partial charge in [0.2, 0.25) is 0 Å². The molecule has 0 saturated carbocycles. The summed E-state index contributed by atoms with van der Waals surface area (Å²) in [4.78, 5) is 24.7. The highest BCUT2D eigenvalue weighted by Crippen LogP contribution is 2.16. The zero-order chi connectivity index (χ0) is 21.5. The smallest absolute Gasteiger partial charge is 0.271 e. The van der Waals surface area contributed by atoms with Crippen molar-refractivity contribution >= 4 is 39.1 Å². The summed E-state index contributed by atoms with van der Waals surface area (Å²) in [6.45, 7) is 1.78.